The van der Waals surface area contributed by atoms with Gasteiger partial charge in [-0.3, -0.25) is 4.79 Å². The highest BCUT2D eigenvalue weighted by Crippen LogP contribution is 2.48. The topological polar surface area (TPSA) is 66.8 Å². The summed E-state index contributed by atoms with van der Waals surface area (Å²) in [6.45, 7) is 2.61. The Morgan fingerprint density at radius 1 is 1.44 bits per heavy atom. The first kappa shape index (κ1) is 12.9. The number of hydrogen-bond acceptors (Lipinski definition) is 3. The zero-order chi connectivity index (χ0) is 13.2. The fourth-order valence-electron chi connectivity index (χ4n) is 2.34. The van der Waals surface area contributed by atoms with E-state index in [-0.39, 0.29) is 12.8 Å². The first-order valence-electron chi connectivity index (χ1n) is 6.24. The molecule has 2 rings (SSSR count). The molecule has 4 heteroatoms. The molecule has 4 nitrogen and oxygen atoms in total. The Balaban J connectivity index is 2.16. The van der Waals surface area contributed by atoms with Crippen molar-refractivity contribution in [3.63, 3.8) is 0 Å². The van der Waals surface area contributed by atoms with Crippen molar-refractivity contribution < 1.29 is 19.7 Å². The molecule has 0 atom stereocenters. The van der Waals surface area contributed by atoms with Crippen LogP contribution >= 0.6 is 0 Å². The van der Waals surface area contributed by atoms with Gasteiger partial charge in [-0.1, -0.05) is 25.1 Å². The number of ether oxygens (including phenoxy) is 1. The molecule has 2 N–H and O–H groups in total. The number of carboxylic acids is 1. The lowest BCUT2D eigenvalue weighted by Gasteiger charge is -2.42. The van der Waals surface area contributed by atoms with Crippen molar-refractivity contribution in [2.75, 3.05) is 6.61 Å². The molecule has 0 heterocycles. The Bertz CT molecular complexity index is 435. The third-order valence-corrected chi connectivity index (χ3v) is 3.37. The summed E-state index contributed by atoms with van der Waals surface area (Å²) in [5.74, 6) is -0.633. The fraction of sp³-hybridized carbons (Fsp3) is 0.500. The Labute approximate surface area is 106 Å². The van der Waals surface area contributed by atoms with Crippen molar-refractivity contribution in [3.8, 4) is 5.75 Å². The van der Waals surface area contributed by atoms with E-state index in [4.69, 9.17) is 9.84 Å². The third-order valence-electron chi connectivity index (χ3n) is 3.37. The number of carbonyl (C=O) groups is 1. The SMILES string of the molecule is CCCOc1ccccc1C1(O)CC(C(=O)O)C1. The van der Waals surface area contributed by atoms with Crippen LogP contribution in [0.15, 0.2) is 24.3 Å². The summed E-state index contributed by atoms with van der Waals surface area (Å²) in [5, 5.41) is 19.3. The summed E-state index contributed by atoms with van der Waals surface area (Å²) < 4.78 is 5.60. The maximum Gasteiger partial charge on any atom is 0.306 e. The highest BCUT2D eigenvalue weighted by molar-refractivity contribution is 5.72. The molecule has 0 saturated heterocycles. The number of benzene rings is 1. The Morgan fingerprint density at radius 2 is 2.11 bits per heavy atom. The van der Waals surface area contributed by atoms with Crippen LogP contribution in [0, 0.1) is 5.92 Å². The number of rotatable bonds is 5. The molecule has 1 aliphatic carbocycles. The van der Waals surface area contributed by atoms with Crippen LogP contribution in [0.5, 0.6) is 5.75 Å². The summed E-state index contributed by atoms with van der Waals surface area (Å²) in [6.07, 6.45) is 1.41. The quantitative estimate of drug-likeness (QED) is 0.840. The van der Waals surface area contributed by atoms with Gasteiger partial charge in [-0.05, 0) is 25.3 Å². The molecule has 0 aromatic heterocycles. The zero-order valence-corrected chi connectivity index (χ0v) is 10.4. The highest BCUT2D eigenvalue weighted by Gasteiger charge is 2.48. The number of carboxylic acid groups (broad SMARTS) is 1. The second-order valence-corrected chi connectivity index (χ2v) is 4.82. The summed E-state index contributed by atoms with van der Waals surface area (Å²) >= 11 is 0. The Kier molecular flexibility index (Phi) is 3.57. The van der Waals surface area contributed by atoms with Gasteiger partial charge in [0.1, 0.15) is 5.75 Å². The smallest absolute Gasteiger partial charge is 0.306 e. The van der Waals surface area contributed by atoms with E-state index >= 15 is 0 Å². The molecule has 1 aromatic rings. The van der Waals surface area contributed by atoms with E-state index in [9.17, 15) is 9.90 Å². The number of aliphatic hydroxyl groups is 1. The zero-order valence-electron chi connectivity index (χ0n) is 10.4. The minimum Gasteiger partial charge on any atom is -0.493 e. The molecular weight excluding hydrogens is 232 g/mol. The van der Waals surface area contributed by atoms with E-state index in [1.165, 1.54) is 0 Å². The average molecular weight is 250 g/mol. The van der Waals surface area contributed by atoms with Crippen LogP contribution in [0.25, 0.3) is 0 Å². The van der Waals surface area contributed by atoms with Gasteiger partial charge in [0.15, 0.2) is 0 Å². The third kappa shape index (κ3) is 2.34. The Morgan fingerprint density at radius 3 is 2.72 bits per heavy atom. The van der Waals surface area contributed by atoms with Crippen LogP contribution in [0.3, 0.4) is 0 Å². The summed E-state index contributed by atoms with van der Waals surface area (Å²) in [5.41, 5.74) is -0.344. The summed E-state index contributed by atoms with van der Waals surface area (Å²) in [6, 6.07) is 7.31. The van der Waals surface area contributed by atoms with Gasteiger partial charge in [0.25, 0.3) is 0 Å². The molecule has 98 valence electrons. The van der Waals surface area contributed by atoms with E-state index in [0.29, 0.717) is 17.9 Å². The highest BCUT2D eigenvalue weighted by atomic mass is 16.5. The van der Waals surface area contributed by atoms with Gasteiger partial charge < -0.3 is 14.9 Å². The van der Waals surface area contributed by atoms with Crippen molar-refractivity contribution in [1.29, 1.82) is 0 Å². The normalized spacial score (nSPS) is 26.4. The predicted molar refractivity (Wildman–Crippen MR) is 66.5 cm³/mol. The molecule has 0 amide bonds. The first-order chi connectivity index (χ1) is 8.57. The molecule has 1 aromatic carbocycles. The van der Waals surface area contributed by atoms with Gasteiger partial charge in [0, 0.05) is 5.56 Å². The minimum absolute atomic E-state index is 0.259. The van der Waals surface area contributed by atoms with Gasteiger partial charge in [-0.25, -0.2) is 0 Å². The van der Waals surface area contributed by atoms with E-state index < -0.39 is 17.5 Å². The summed E-state index contributed by atoms with van der Waals surface area (Å²) in [7, 11) is 0. The fourth-order valence-corrected chi connectivity index (χ4v) is 2.34. The summed E-state index contributed by atoms with van der Waals surface area (Å²) in [4.78, 5) is 10.8. The monoisotopic (exact) mass is 250 g/mol. The van der Waals surface area contributed by atoms with Crippen molar-refractivity contribution in [2.24, 2.45) is 5.92 Å². The number of para-hydroxylation sites is 1. The van der Waals surface area contributed by atoms with Gasteiger partial charge in [-0.2, -0.15) is 0 Å². The maximum atomic E-state index is 10.8. The van der Waals surface area contributed by atoms with Gasteiger partial charge in [0.2, 0.25) is 0 Å². The Hall–Kier alpha value is -1.55. The lowest BCUT2D eigenvalue weighted by atomic mass is 9.67. The number of hydrogen-bond donors (Lipinski definition) is 2. The second-order valence-electron chi connectivity index (χ2n) is 4.82. The molecular formula is C14H18O4. The van der Waals surface area contributed by atoms with E-state index in [1.807, 2.05) is 31.2 Å². The molecule has 0 unspecified atom stereocenters. The van der Waals surface area contributed by atoms with Crippen molar-refractivity contribution >= 4 is 5.97 Å². The van der Waals surface area contributed by atoms with Crippen molar-refractivity contribution in [1.82, 2.24) is 0 Å². The average Bonchev–Trinajstić information content (AvgIpc) is 2.32. The molecule has 1 saturated carbocycles. The minimum atomic E-state index is -1.05. The predicted octanol–water partition coefficient (Wildman–Crippen LogP) is 2.16. The van der Waals surface area contributed by atoms with Crippen LogP contribution < -0.4 is 4.74 Å². The van der Waals surface area contributed by atoms with Crippen LogP contribution in [0.4, 0.5) is 0 Å². The molecule has 1 aliphatic rings. The van der Waals surface area contributed by atoms with Crippen LogP contribution in [0.1, 0.15) is 31.7 Å². The van der Waals surface area contributed by atoms with E-state index in [1.54, 1.807) is 0 Å². The molecule has 0 radical (unpaired) electrons. The van der Waals surface area contributed by atoms with Gasteiger partial charge >= 0.3 is 5.97 Å². The van der Waals surface area contributed by atoms with Gasteiger partial charge in [0.05, 0.1) is 18.1 Å². The van der Waals surface area contributed by atoms with Crippen LogP contribution in [-0.2, 0) is 10.4 Å². The van der Waals surface area contributed by atoms with Crippen LogP contribution in [-0.4, -0.2) is 22.8 Å². The molecule has 0 spiro atoms. The van der Waals surface area contributed by atoms with Crippen LogP contribution in [0.2, 0.25) is 0 Å². The second kappa shape index (κ2) is 4.98. The largest absolute Gasteiger partial charge is 0.493 e. The molecule has 1 fully saturated rings. The number of aliphatic carboxylic acids is 1. The van der Waals surface area contributed by atoms with E-state index in [0.717, 1.165) is 6.42 Å². The van der Waals surface area contributed by atoms with E-state index in [2.05, 4.69) is 0 Å². The standard InChI is InChI=1S/C14H18O4/c1-2-7-18-12-6-4-3-5-11(12)14(17)8-10(9-14)13(15)16/h3-6,10,17H,2,7-9H2,1H3,(H,15,16). The van der Waals surface area contributed by atoms with Crippen molar-refractivity contribution in [3.05, 3.63) is 29.8 Å². The molecule has 0 bridgehead atoms. The first-order valence-corrected chi connectivity index (χ1v) is 6.24. The lowest BCUT2D eigenvalue weighted by molar-refractivity contribution is -0.159. The van der Waals surface area contributed by atoms with Gasteiger partial charge in [-0.15, -0.1) is 0 Å². The maximum absolute atomic E-state index is 10.8. The lowest BCUT2D eigenvalue weighted by Crippen LogP contribution is -2.44. The van der Waals surface area contributed by atoms with Crippen molar-refractivity contribution in [2.45, 2.75) is 31.8 Å². The molecule has 18 heavy (non-hydrogen) atoms. The molecule has 0 aliphatic heterocycles.